The molecule has 4 aromatic rings. The largest absolute Gasteiger partial charge is 0.864 e. The molecule has 0 radical (unpaired) electrons. The van der Waals surface area contributed by atoms with Gasteiger partial charge in [-0.15, -0.1) is 0 Å². The van der Waals surface area contributed by atoms with Crippen molar-refractivity contribution in [2.75, 3.05) is 20.6 Å². The van der Waals surface area contributed by atoms with Crippen molar-refractivity contribution in [3.63, 3.8) is 0 Å². The van der Waals surface area contributed by atoms with E-state index < -0.39 is 7.32 Å². The summed E-state index contributed by atoms with van der Waals surface area (Å²) >= 11 is 0. The summed E-state index contributed by atoms with van der Waals surface area (Å²) in [6.45, 7) is 8.43. The van der Waals surface area contributed by atoms with Crippen molar-refractivity contribution in [1.29, 1.82) is 0 Å². The second-order valence-electron chi connectivity index (χ2n) is 15.0. The highest BCUT2D eigenvalue weighted by Crippen LogP contribution is 2.35. The molecule has 4 aromatic carbocycles. The van der Waals surface area contributed by atoms with E-state index in [1.807, 2.05) is 78.9 Å². The standard InChI is InChI=1S/C47H65BNO3/c1-5-7-8-9-10-11-12-13-14-15-16-17-18-19-20-29-38-49(3,4)40-42-37-36-41(6-2)39-46(42)45-34-27-28-35-47(45)52-48(50-43-30-23-21-24-31-43)51-44-32-25-22-26-33-44/h6,21-28,30-37,39H,2,5,7-20,29,38,40H2,1,3-4H3/q+1. The lowest BCUT2D eigenvalue weighted by Gasteiger charge is -2.31. The number of hydrogen-bond donors (Lipinski definition) is 0. The highest BCUT2D eigenvalue weighted by atomic mass is 16.7. The van der Waals surface area contributed by atoms with Crippen LogP contribution in [0.25, 0.3) is 17.2 Å². The zero-order chi connectivity index (χ0) is 36.7. The predicted molar refractivity (Wildman–Crippen MR) is 223 cm³/mol. The molecule has 0 aliphatic carbocycles. The third kappa shape index (κ3) is 15.3. The van der Waals surface area contributed by atoms with Crippen molar-refractivity contribution >= 4 is 13.4 Å². The van der Waals surface area contributed by atoms with Gasteiger partial charge in [-0.25, -0.2) is 0 Å². The van der Waals surface area contributed by atoms with E-state index >= 15 is 0 Å². The quantitative estimate of drug-likeness (QED) is 0.0352. The van der Waals surface area contributed by atoms with Gasteiger partial charge < -0.3 is 18.4 Å². The van der Waals surface area contributed by atoms with E-state index in [4.69, 9.17) is 14.0 Å². The molecule has 0 aliphatic heterocycles. The minimum atomic E-state index is -0.987. The van der Waals surface area contributed by atoms with E-state index in [-0.39, 0.29) is 0 Å². The highest BCUT2D eigenvalue weighted by molar-refractivity contribution is 6.39. The molecule has 0 saturated carbocycles. The van der Waals surface area contributed by atoms with Gasteiger partial charge in [-0.05, 0) is 60.4 Å². The van der Waals surface area contributed by atoms with Crippen LogP contribution in [0.15, 0.2) is 110 Å². The van der Waals surface area contributed by atoms with E-state index in [9.17, 15) is 0 Å². The molecule has 0 N–H and O–H groups in total. The molecule has 278 valence electrons. The maximum Gasteiger partial charge on any atom is 0.864 e. The monoisotopic (exact) mass is 703 g/mol. The number of benzene rings is 4. The molecule has 0 heterocycles. The number of hydrogen-bond acceptors (Lipinski definition) is 3. The average Bonchev–Trinajstić information content (AvgIpc) is 3.16. The summed E-state index contributed by atoms with van der Waals surface area (Å²) in [7, 11) is 3.73. The molecule has 0 fully saturated rings. The Hall–Kier alpha value is -3.96. The van der Waals surface area contributed by atoms with Crippen LogP contribution in [-0.4, -0.2) is 32.4 Å². The van der Waals surface area contributed by atoms with Crippen molar-refractivity contribution in [3.8, 4) is 28.4 Å². The molecule has 52 heavy (non-hydrogen) atoms. The predicted octanol–water partition coefficient (Wildman–Crippen LogP) is 13.4. The Morgan fingerprint density at radius 1 is 0.538 bits per heavy atom. The molecule has 5 heteroatoms. The van der Waals surface area contributed by atoms with Crippen LogP contribution < -0.4 is 14.0 Å². The van der Waals surface area contributed by atoms with Gasteiger partial charge in [0.05, 0.1) is 20.6 Å². The molecule has 4 rings (SSSR count). The Morgan fingerprint density at radius 2 is 1.02 bits per heavy atom. The first-order chi connectivity index (χ1) is 25.5. The molecular weight excluding hydrogens is 637 g/mol. The first-order valence-corrected chi connectivity index (χ1v) is 20.2. The number of quaternary nitrogens is 1. The Morgan fingerprint density at radius 3 is 1.54 bits per heavy atom. The minimum Gasteiger partial charge on any atom is -0.490 e. The summed E-state index contributed by atoms with van der Waals surface area (Å²) in [6.07, 6.45) is 24.2. The summed E-state index contributed by atoms with van der Waals surface area (Å²) in [6, 6.07) is 34.1. The molecule has 0 atom stereocenters. The van der Waals surface area contributed by atoms with Gasteiger partial charge >= 0.3 is 7.32 Å². The van der Waals surface area contributed by atoms with Gasteiger partial charge in [-0.2, -0.15) is 0 Å². The summed E-state index contributed by atoms with van der Waals surface area (Å²) < 4.78 is 19.9. The smallest absolute Gasteiger partial charge is 0.490 e. The van der Waals surface area contributed by atoms with Crippen molar-refractivity contribution < 1.29 is 18.4 Å². The van der Waals surface area contributed by atoms with Crippen molar-refractivity contribution in [2.24, 2.45) is 0 Å². The van der Waals surface area contributed by atoms with Gasteiger partial charge in [-0.1, -0.05) is 176 Å². The van der Waals surface area contributed by atoms with Crippen LogP contribution in [0.1, 0.15) is 121 Å². The van der Waals surface area contributed by atoms with Crippen LogP contribution in [0.3, 0.4) is 0 Å². The number of rotatable bonds is 27. The third-order valence-corrected chi connectivity index (χ3v) is 9.94. The number of para-hydroxylation sites is 3. The van der Waals surface area contributed by atoms with Crippen molar-refractivity contribution in [2.45, 2.75) is 116 Å². The van der Waals surface area contributed by atoms with Crippen LogP contribution in [0.5, 0.6) is 17.2 Å². The summed E-state index contributed by atoms with van der Waals surface area (Å²) in [5.41, 5.74) is 4.51. The van der Waals surface area contributed by atoms with Gasteiger partial charge in [0.25, 0.3) is 0 Å². The minimum absolute atomic E-state index is 0.670. The molecule has 0 aromatic heterocycles. The zero-order valence-corrected chi connectivity index (χ0v) is 32.6. The van der Waals surface area contributed by atoms with Gasteiger partial charge in [0, 0.05) is 11.1 Å². The summed E-state index contributed by atoms with van der Waals surface area (Å²) in [5, 5.41) is 0. The maximum atomic E-state index is 6.55. The van der Waals surface area contributed by atoms with Crippen LogP contribution in [0.4, 0.5) is 0 Å². The molecule has 0 aliphatic rings. The van der Waals surface area contributed by atoms with Crippen LogP contribution in [0, 0.1) is 0 Å². The van der Waals surface area contributed by atoms with Gasteiger partial charge in [0.1, 0.15) is 23.8 Å². The normalized spacial score (nSPS) is 11.3. The molecule has 4 nitrogen and oxygen atoms in total. The van der Waals surface area contributed by atoms with E-state index in [1.54, 1.807) is 0 Å². The molecule has 0 amide bonds. The second-order valence-corrected chi connectivity index (χ2v) is 15.0. The molecule has 0 spiro atoms. The first-order valence-electron chi connectivity index (χ1n) is 20.2. The Labute approximate surface area is 317 Å². The maximum absolute atomic E-state index is 6.55. The van der Waals surface area contributed by atoms with Gasteiger partial charge in [0.2, 0.25) is 0 Å². The number of unbranched alkanes of at least 4 members (excludes halogenated alkanes) is 15. The third-order valence-electron chi connectivity index (χ3n) is 9.94. The van der Waals surface area contributed by atoms with Gasteiger partial charge in [0.15, 0.2) is 0 Å². The Bertz CT molecular complexity index is 1500. The molecule has 0 bridgehead atoms. The van der Waals surface area contributed by atoms with E-state index in [0.29, 0.717) is 17.2 Å². The summed E-state index contributed by atoms with van der Waals surface area (Å²) in [5.74, 6) is 2.04. The molecular formula is C47H65BNO3+. The number of nitrogens with zero attached hydrogens (tertiary/aromatic N) is 1. The molecule has 0 unspecified atom stereocenters. The topological polar surface area (TPSA) is 27.7 Å². The van der Waals surface area contributed by atoms with E-state index in [1.165, 1.54) is 108 Å². The first kappa shape index (κ1) is 40.8. The van der Waals surface area contributed by atoms with Crippen LogP contribution in [-0.2, 0) is 6.54 Å². The average molecular weight is 703 g/mol. The fraction of sp³-hybridized carbons (Fsp3) is 0.447. The fourth-order valence-electron chi connectivity index (χ4n) is 6.93. The Kier molecular flexibility index (Phi) is 18.5. The zero-order valence-electron chi connectivity index (χ0n) is 32.6. The van der Waals surface area contributed by atoms with Gasteiger partial charge in [-0.3, -0.25) is 0 Å². The van der Waals surface area contributed by atoms with Crippen molar-refractivity contribution in [3.05, 3.63) is 121 Å². The van der Waals surface area contributed by atoms with E-state index in [0.717, 1.165) is 34.3 Å². The Balaban J connectivity index is 1.30. The van der Waals surface area contributed by atoms with Crippen molar-refractivity contribution in [1.82, 2.24) is 0 Å². The second kappa shape index (κ2) is 23.6. The van der Waals surface area contributed by atoms with Crippen LogP contribution in [0.2, 0.25) is 0 Å². The SMILES string of the molecule is C=Cc1ccc(C[N+](C)(C)CCCCCCCCCCCCCCCCCC)c(-c2ccccc2OB(Oc2ccccc2)Oc2ccccc2)c1. The fourth-order valence-corrected chi connectivity index (χ4v) is 6.93. The lowest BCUT2D eigenvalue weighted by Crippen LogP contribution is -2.39. The van der Waals surface area contributed by atoms with Crippen LogP contribution >= 0.6 is 0 Å². The highest BCUT2D eigenvalue weighted by Gasteiger charge is 2.32. The molecule has 0 saturated heterocycles. The lowest BCUT2D eigenvalue weighted by atomic mass is 9.95. The van der Waals surface area contributed by atoms with E-state index in [2.05, 4.69) is 57.9 Å². The lowest BCUT2D eigenvalue weighted by molar-refractivity contribution is -0.903. The summed E-state index contributed by atoms with van der Waals surface area (Å²) in [4.78, 5) is 0.